The lowest BCUT2D eigenvalue weighted by molar-refractivity contribution is 0.330. The van der Waals surface area contributed by atoms with E-state index in [1.807, 2.05) is 0 Å². The van der Waals surface area contributed by atoms with Crippen LogP contribution in [0.15, 0.2) is 12.2 Å². The number of hydrogen-bond acceptors (Lipinski definition) is 0. The molecule has 0 radical (unpaired) electrons. The topological polar surface area (TPSA) is 0 Å². The highest BCUT2D eigenvalue weighted by Crippen LogP contribution is 2.29. The monoisotopic (exact) mass is 166 g/mol. The van der Waals surface area contributed by atoms with Gasteiger partial charge in [-0.25, -0.2) is 0 Å². The molecule has 1 fully saturated rings. The molecule has 0 unspecified atom stereocenters. The van der Waals surface area contributed by atoms with Crippen molar-refractivity contribution in [3.05, 3.63) is 12.2 Å². The fourth-order valence-electron chi connectivity index (χ4n) is 1.86. The van der Waals surface area contributed by atoms with E-state index in [1.165, 1.54) is 25.7 Å². The summed E-state index contributed by atoms with van der Waals surface area (Å²) in [6.07, 6.45) is 10.5. The second kappa shape index (κ2) is 4.69. The van der Waals surface area contributed by atoms with E-state index in [-0.39, 0.29) is 0 Å². The molecule has 1 aliphatic carbocycles. The Labute approximate surface area is 77.1 Å². The van der Waals surface area contributed by atoms with E-state index >= 15 is 0 Å². The molecule has 0 aromatic heterocycles. The van der Waals surface area contributed by atoms with Gasteiger partial charge in [0, 0.05) is 0 Å². The van der Waals surface area contributed by atoms with Gasteiger partial charge in [0.1, 0.15) is 0 Å². The molecule has 0 spiro atoms. The summed E-state index contributed by atoms with van der Waals surface area (Å²) in [6, 6.07) is 0. The summed E-state index contributed by atoms with van der Waals surface area (Å²) >= 11 is 0. The van der Waals surface area contributed by atoms with Gasteiger partial charge >= 0.3 is 0 Å². The van der Waals surface area contributed by atoms with Crippen LogP contribution in [0.4, 0.5) is 0 Å². The highest BCUT2D eigenvalue weighted by atomic mass is 14.2. The van der Waals surface area contributed by atoms with Crippen molar-refractivity contribution < 1.29 is 0 Å². The van der Waals surface area contributed by atoms with Crippen LogP contribution in [0.1, 0.15) is 46.5 Å². The van der Waals surface area contributed by atoms with Crippen molar-refractivity contribution in [2.75, 3.05) is 0 Å². The van der Waals surface area contributed by atoms with Crippen LogP contribution in [-0.4, -0.2) is 0 Å². The molecule has 1 saturated carbocycles. The molecular weight excluding hydrogens is 144 g/mol. The Hall–Kier alpha value is -0.260. The summed E-state index contributed by atoms with van der Waals surface area (Å²) in [7, 11) is 0. The molecule has 1 rings (SSSR count). The van der Waals surface area contributed by atoms with Crippen LogP contribution in [0.3, 0.4) is 0 Å². The summed E-state index contributed by atoms with van der Waals surface area (Å²) in [5, 5.41) is 0. The lowest BCUT2D eigenvalue weighted by Gasteiger charge is -2.23. The van der Waals surface area contributed by atoms with E-state index < -0.39 is 0 Å². The van der Waals surface area contributed by atoms with E-state index in [9.17, 15) is 0 Å². The van der Waals surface area contributed by atoms with E-state index in [1.54, 1.807) is 0 Å². The van der Waals surface area contributed by atoms with Crippen molar-refractivity contribution >= 4 is 0 Å². The molecule has 0 N–H and O–H groups in total. The first-order chi connectivity index (χ1) is 5.68. The molecule has 0 nitrogen and oxygen atoms in total. The molecule has 0 amide bonds. The third kappa shape index (κ3) is 3.42. The average Bonchev–Trinajstić information content (AvgIpc) is 2.03. The van der Waals surface area contributed by atoms with Gasteiger partial charge in [-0.3, -0.25) is 0 Å². The Morgan fingerprint density at radius 3 is 2.17 bits per heavy atom. The molecule has 12 heavy (non-hydrogen) atoms. The van der Waals surface area contributed by atoms with Crippen LogP contribution in [0.25, 0.3) is 0 Å². The zero-order chi connectivity index (χ0) is 8.97. The van der Waals surface area contributed by atoms with E-state index in [0.717, 1.165) is 17.8 Å². The van der Waals surface area contributed by atoms with Crippen molar-refractivity contribution in [1.82, 2.24) is 0 Å². The highest BCUT2D eigenvalue weighted by Gasteiger charge is 2.15. The normalized spacial score (nSPS) is 31.7. The average molecular weight is 166 g/mol. The number of hydrogen-bond donors (Lipinski definition) is 0. The zero-order valence-corrected chi connectivity index (χ0v) is 8.72. The summed E-state index contributed by atoms with van der Waals surface area (Å²) in [5.74, 6) is 2.60. The molecular formula is C12H22. The molecule has 1 aliphatic rings. The van der Waals surface area contributed by atoms with Crippen LogP contribution in [0, 0.1) is 17.8 Å². The van der Waals surface area contributed by atoms with Gasteiger partial charge in [-0.15, -0.1) is 0 Å². The van der Waals surface area contributed by atoms with Crippen molar-refractivity contribution in [2.45, 2.75) is 46.5 Å². The Bertz CT molecular complexity index is 136. The minimum Gasteiger partial charge on any atom is -0.0857 e. The molecule has 0 aromatic rings. The van der Waals surface area contributed by atoms with Crippen LogP contribution in [0.5, 0.6) is 0 Å². The van der Waals surface area contributed by atoms with Crippen LogP contribution in [0.2, 0.25) is 0 Å². The predicted molar refractivity (Wildman–Crippen MR) is 55.1 cm³/mol. The molecule has 70 valence electrons. The fraction of sp³-hybridized carbons (Fsp3) is 0.833. The third-order valence-corrected chi connectivity index (χ3v) is 2.83. The number of rotatable bonds is 2. The minimum atomic E-state index is 0.726. The van der Waals surface area contributed by atoms with Crippen LogP contribution < -0.4 is 0 Å². The Balaban J connectivity index is 2.26. The zero-order valence-electron chi connectivity index (χ0n) is 8.72. The van der Waals surface area contributed by atoms with Gasteiger partial charge in [-0.2, -0.15) is 0 Å². The SMILES string of the molecule is CC(C)/C=C/C1CCC(C)CC1. The first kappa shape index (κ1) is 9.83. The fourth-order valence-corrected chi connectivity index (χ4v) is 1.86. The summed E-state index contributed by atoms with van der Waals surface area (Å²) < 4.78 is 0. The molecule has 0 atom stereocenters. The van der Waals surface area contributed by atoms with Crippen molar-refractivity contribution in [1.29, 1.82) is 0 Å². The maximum Gasteiger partial charge on any atom is -0.0233 e. The predicted octanol–water partition coefficient (Wildman–Crippen LogP) is 4.02. The third-order valence-electron chi connectivity index (χ3n) is 2.83. The van der Waals surface area contributed by atoms with Crippen molar-refractivity contribution in [2.24, 2.45) is 17.8 Å². The smallest absolute Gasteiger partial charge is 0.0233 e. The quantitative estimate of drug-likeness (QED) is 0.543. The minimum absolute atomic E-state index is 0.726. The first-order valence-corrected chi connectivity index (χ1v) is 5.37. The van der Waals surface area contributed by atoms with Crippen molar-refractivity contribution in [3.8, 4) is 0 Å². The molecule has 0 aromatic carbocycles. The first-order valence-electron chi connectivity index (χ1n) is 5.37. The molecule has 0 heterocycles. The molecule has 0 saturated heterocycles. The van der Waals surface area contributed by atoms with Crippen LogP contribution in [-0.2, 0) is 0 Å². The van der Waals surface area contributed by atoms with E-state index in [4.69, 9.17) is 0 Å². The van der Waals surface area contributed by atoms with E-state index in [2.05, 4.69) is 32.9 Å². The van der Waals surface area contributed by atoms with Gasteiger partial charge < -0.3 is 0 Å². The highest BCUT2D eigenvalue weighted by molar-refractivity contribution is 4.92. The van der Waals surface area contributed by atoms with Gasteiger partial charge in [-0.1, -0.05) is 45.8 Å². The van der Waals surface area contributed by atoms with Gasteiger partial charge in [0.15, 0.2) is 0 Å². The van der Waals surface area contributed by atoms with Gasteiger partial charge in [-0.05, 0) is 30.6 Å². The Kier molecular flexibility index (Phi) is 3.84. The van der Waals surface area contributed by atoms with E-state index in [0.29, 0.717) is 0 Å². The molecule has 0 bridgehead atoms. The van der Waals surface area contributed by atoms with Gasteiger partial charge in [0.25, 0.3) is 0 Å². The maximum absolute atomic E-state index is 2.44. The van der Waals surface area contributed by atoms with Gasteiger partial charge in [0.2, 0.25) is 0 Å². The lowest BCUT2D eigenvalue weighted by Crippen LogP contribution is -2.10. The summed E-state index contributed by atoms with van der Waals surface area (Å²) in [6.45, 7) is 6.88. The van der Waals surface area contributed by atoms with Gasteiger partial charge in [0.05, 0.1) is 0 Å². The second-order valence-electron chi connectivity index (χ2n) is 4.65. The molecule has 0 heteroatoms. The Morgan fingerprint density at radius 1 is 1.08 bits per heavy atom. The number of allylic oxidation sites excluding steroid dienone is 2. The van der Waals surface area contributed by atoms with Crippen molar-refractivity contribution in [3.63, 3.8) is 0 Å². The largest absolute Gasteiger partial charge is 0.0857 e. The maximum atomic E-state index is 2.44. The summed E-state index contributed by atoms with van der Waals surface area (Å²) in [5.41, 5.74) is 0. The van der Waals surface area contributed by atoms with Crippen LogP contribution >= 0.6 is 0 Å². The summed E-state index contributed by atoms with van der Waals surface area (Å²) in [4.78, 5) is 0. The lowest BCUT2D eigenvalue weighted by atomic mass is 9.82. The Morgan fingerprint density at radius 2 is 1.67 bits per heavy atom. The second-order valence-corrected chi connectivity index (χ2v) is 4.65. The molecule has 0 aliphatic heterocycles. The standard InChI is InChI=1S/C12H22/c1-10(2)4-7-12-8-5-11(3)6-9-12/h4,7,10-12H,5-6,8-9H2,1-3H3/b7-4+.